The van der Waals surface area contributed by atoms with E-state index in [-0.39, 0.29) is 13.0 Å². The van der Waals surface area contributed by atoms with Gasteiger partial charge in [0.15, 0.2) is 0 Å². The van der Waals surface area contributed by atoms with Gasteiger partial charge in [-0.1, -0.05) is 0 Å². The molecule has 0 aliphatic carbocycles. The van der Waals surface area contributed by atoms with Crippen molar-refractivity contribution in [1.29, 1.82) is 0 Å². The predicted octanol–water partition coefficient (Wildman–Crippen LogP) is 2.25. The zero-order valence-corrected chi connectivity index (χ0v) is 13.3. The first-order valence-corrected chi connectivity index (χ1v) is 6.76. The number of carboxylic acids is 1. The molecule has 0 aliphatic rings. The first-order chi connectivity index (χ1) is 8.90. The third-order valence-electron chi connectivity index (χ3n) is 2.55. The Balaban J connectivity index is 5.31. The van der Waals surface area contributed by atoms with Gasteiger partial charge in [0.1, 0.15) is 11.6 Å². The van der Waals surface area contributed by atoms with Gasteiger partial charge in [0, 0.05) is 12.1 Å². The number of hydrogen-bond acceptors (Lipinski definition) is 4. The highest BCUT2D eigenvalue weighted by Crippen LogP contribution is 2.23. The number of nitrogens with zero attached hydrogens (tertiary/aromatic N) is 1. The molecule has 0 bridgehead atoms. The maximum atomic E-state index is 12.3. The van der Waals surface area contributed by atoms with Crippen molar-refractivity contribution in [2.24, 2.45) is 0 Å². The van der Waals surface area contributed by atoms with Crippen molar-refractivity contribution >= 4 is 12.1 Å². The lowest BCUT2D eigenvalue weighted by Crippen LogP contribution is -2.56. The number of amides is 1. The molecule has 1 amide bonds. The number of aliphatic hydroxyl groups is 1. The van der Waals surface area contributed by atoms with E-state index >= 15 is 0 Å². The number of aliphatic carboxylic acids is 1. The summed E-state index contributed by atoms with van der Waals surface area (Å²) >= 11 is 0. The molecule has 6 heteroatoms. The van der Waals surface area contributed by atoms with E-state index < -0.39 is 29.2 Å². The molecule has 0 unspecified atom stereocenters. The van der Waals surface area contributed by atoms with Crippen LogP contribution in [0.5, 0.6) is 0 Å². The van der Waals surface area contributed by atoms with Crippen molar-refractivity contribution in [2.75, 3.05) is 6.61 Å². The van der Waals surface area contributed by atoms with Crippen molar-refractivity contribution in [1.82, 2.24) is 4.90 Å². The van der Waals surface area contributed by atoms with Gasteiger partial charge in [-0.2, -0.15) is 0 Å². The lowest BCUT2D eigenvalue weighted by molar-refractivity contribution is -0.145. The third-order valence-corrected chi connectivity index (χ3v) is 2.55. The minimum Gasteiger partial charge on any atom is -0.480 e. The fraction of sp³-hybridized carbons (Fsp3) is 0.857. The molecular weight excluding hydrogens is 262 g/mol. The Hall–Kier alpha value is -1.30. The van der Waals surface area contributed by atoms with Gasteiger partial charge in [-0.3, -0.25) is 4.90 Å². The summed E-state index contributed by atoms with van der Waals surface area (Å²) in [6.45, 7) is 10.3. The smallest absolute Gasteiger partial charge is 0.411 e. The van der Waals surface area contributed by atoms with Crippen LogP contribution in [-0.2, 0) is 9.53 Å². The highest BCUT2D eigenvalue weighted by molar-refractivity contribution is 5.80. The van der Waals surface area contributed by atoms with E-state index in [1.165, 1.54) is 4.90 Å². The first kappa shape index (κ1) is 18.7. The average Bonchev–Trinajstić information content (AvgIpc) is 2.18. The van der Waals surface area contributed by atoms with Crippen LogP contribution in [0.4, 0.5) is 4.79 Å². The molecule has 0 aromatic carbocycles. The zero-order chi connectivity index (χ0) is 16.1. The third kappa shape index (κ3) is 6.23. The number of rotatable bonds is 5. The van der Waals surface area contributed by atoms with Crippen LogP contribution >= 0.6 is 0 Å². The van der Waals surface area contributed by atoms with Gasteiger partial charge in [0.25, 0.3) is 0 Å². The van der Waals surface area contributed by atoms with Crippen LogP contribution in [0.1, 0.15) is 54.4 Å². The molecule has 20 heavy (non-hydrogen) atoms. The molecule has 0 radical (unpaired) electrons. The quantitative estimate of drug-likeness (QED) is 0.810. The zero-order valence-electron chi connectivity index (χ0n) is 13.3. The first-order valence-electron chi connectivity index (χ1n) is 6.76. The molecule has 118 valence electrons. The molecule has 0 aliphatic heterocycles. The summed E-state index contributed by atoms with van der Waals surface area (Å²) in [6.07, 6.45) is -0.162. The van der Waals surface area contributed by atoms with Gasteiger partial charge in [0.2, 0.25) is 0 Å². The van der Waals surface area contributed by atoms with E-state index in [4.69, 9.17) is 9.84 Å². The van der Waals surface area contributed by atoms with Crippen molar-refractivity contribution in [2.45, 2.75) is 71.6 Å². The molecule has 1 atom stereocenters. The summed E-state index contributed by atoms with van der Waals surface area (Å²) in [4.78, 5) is 25.0. The second kappa shape index (κ2) is 6.92. The fourth-order valence-electron chi connectivity index (χ4n) is 1.83. The van der Waals surface area contributed by atoms with Crippen LogP contribution in [0.3, 0.4) is 0 Å². The minimum absolute atomic E-state index is 0.115. The van der Waals surface area contributed by atoms with Crippen molar-refractivity contribution in [3.8, 4) is 0 Å². The number of carbonyl (C=O) groups is 2. The molecule has 0 heterocycles. The number of ether oxygens (including phenoxy) is 1. The lowest BCUT2D eigenvalue weighted by Gasteiger charge is -2.40. The van der Waals surface area contributed by atoms with Crippen LogP contribution in [0, 0.1) is 0 Å². The van der Waals surface area contributed by atoms with Gasteiger partial charge in [-0.15, -0.1) is 0 Å². The predicted molar refractivity (Wildman–Crippen MR) is 75.6 cm³/mol. The molecule has 0 saturated heterocycles. The van der Waals surface area contributed by atoms with Crippen molar-refractivity contribution < 1.29 is 24.5 Å². The van der Waals surface area contributed by atoms with Crippen LogP contribution in [-0.4, -0.2) is 51.0 Å². The average molecular weight is 289 g/mol. The molecular formula is C14H27NO5. The Morgan fingerprint density at radius 1 is 1.15 bits per heavy atom. The van der Waals surface area contributed by atoms with Gasteiger partial charge < -0.3 is 14.9 Å². The standard InChI is InChI=1S/C14H27NO5/c1-13(2,3)15(12(19)20-14(4,5)6)10(11(17)18)8-7-9-16/h10,16H,7-9H2,1-6H3,(H,17,18)/t10-/m0/s1. The maximum absolute atomic E-state index is 12.3. The molecule has 0 spiro atoms. The second-order valence-corrected chi connectivity index (χ2v) is 6.74. The Labute approximate surface area is 120 Å². The van der Waals surface area contributed by atoms with Gasteiger partial charge in [-0.05, 0) is 54.4 Å². The summed E-state index contributed by atoms with van der Waals surface area (Å²) < 4.78 is 5.30. The minimum atomic E-state index is -1.10. The fourth-order valence-corrected chi connectivity index (χ4v) is 1.83. The summed E-state index contributed by atoms with van der Waals surface area (Å²) in [5, 5.41) is 18.2. The molecule has 6 nitrogen and oxygen atoms in total. The van der Waals surface area contributed by atoms with Crippen LogP contribution in [0.2, 0.25) is 0 Å². The Kier molecular flexibility index (Phi) is 6.47. The topological polar surface area (TPSA) is 87.1 Å². The van der Waals surface area contributed by atoms with Gasteiger partial charge in [0.05, 0.1) is 0 Å². The number of aliphatic hydroxyl groups excluding tert-OH is 1. The summed E-state index contributed by atoms with van der Waals surface area (Å²) in [6, 6.07) is -1.02. The summed E-state index contributed by atoms with van der Waals surface area (Å²) in [5.74, 6) is -1.10. The number of carboxylic acid groups (broad SMARTS) is 1. The van der Waals surface area contributed by atoms with Gasteiger partial charge in [-0.25, -0.2) is 9.59 Å². The maximum Gasteiger partial charge on any atom is 0.411 e. The SMILES string of the molecule is CC(C)(C)OC(=O)N([C@@H](CCCO)C(=O)O)C(C)(C)C. The van der Waals surface area contributed by atoms with Crippen LogP contribution in [0.25, 0.3) is 0 Å². The van der Waals surface area contributed by atoms with Gasteiger partial charge >= 0.3 is 12.1 Å². The lowest BCUT2D eigenvalue weighted by atomic mass is 10.0. The number of carbonyl (C=O) groups excluding carboxylic acids is 1. The van der Waals surface area contributed by atoms with Crippen molar-refractivity contribution in [3.63, 3.8) is 0 Å². The van der Waals surface area contributed by atoms with Crippen LogP contribution < -0.4 is 0 Å². The molecule has 0 aromatic rings. The van der Waals surface area contributed by atoms with E-state index in [0.29, 0.717) is 6.42 Å². The second-order valence-electron chi connectivity index (χ2n) is 6.74. The summed E-state index contributed by atoms with van der Waals surface area (Å²) in [7, 11) is 0. The Morgan fingerprint density at radius 2 is 1.65 bits per heavy atom. The van der Waals surface area contributed by atoms with Crippen LogP contribution in [0.15, 0.2) is 0 Å². The van der Waals surface area contributed by atoms with Crippen molar-refractivity contribution in [3.05, 3.63) is 0 Å². The normalized spacial score (nSPS) is 13.8. The Bertz CT molecular complexity index is 340. The Morgan fingerprint density at radius 3 is 1.95 bits per heavy atom. The molecule has 0 aromatic heterocycles. The number of hydrogen-bond donors (Lipinski definition) is 2. The largest absolute Gasteiger partial charge is 0.480 e. The molecule has 2 N–H and O–H groups in total. The highest BCUT2D eigenvalue weighted by Gasteiger charge is 2.39. The monoisotopic (exact) mass is 289 g/mol. The van der Waals surface area contributed by atoms with E-state index in [0.717, 1.165) is 0 Å². The van der Waals surface area contributed by atoms with E-state index in [1.807, 2.05) is 0 Å². The van der Waals surface area contributed by atoms with E-state index in [1.54, 1.807) is 41.5 Å². The van der Waals surface area contributed by atoms with E-state index in [2.05, 4.69) is 0 Å². The molecule has 0 fully saturated rings. The molecule has 0 rings (SSSR count). The summed E-state index contributed by atoms with van der Waals surface area (Å²) in [5.41, 5.74) is -1.39. The molecule has 0 saturated carbocycles. The highest BCUT2D eigenvalue weighted by atomic mass is 16.6. The van der Waals surface area contributed by atoms with E-state index in [9.17, 15) is 14.7 Å².